The second kappa shape index (κ2) is 7.77. The maximum Gasteiger partial charge on any atom is 0.339 e. The number of amides is 2. The molecular weight excluding hydrogens is 322 g/mol. The Labute approximate surface area is 135 Å². The Morgan fingerprint density at radius 2 is 1.95 bits per heavy atom. The number of nitrogens with one attached hydrogen (secondary N) is 1. The van der Waals surface area contributed by atoms with Crippen LogP contribution in [0.3, 0.4) is 0 Å². The third-order valence-corrected chi connectivity index (χ3v) is 4.32. The molecule has 2 aromatic rings. The lowest BCUT2D eigenvalue weighted by Gasteiger charge is -2.07. The molecule has 5 nitrogen and oxygen atoms in total. The zero-order valence-corrected chi connectivity index (χ0v) is 13.3. The van der Waals surface area contributed by atoms with Crippen molar-refractivity contribution >= 4 is 40.9 Å². The molecule has 1 aromatic carbocycles. The maximum atomic E-state index is 11.9. The highest BCUT2D eigenvalue weighted by atomic mass is 32.2. The van der Waals surface area contributed by atoms with Gasteiger partial charge in [-0.25, -0.2) is 4.79 Å². The Morgan fingerprint density at radius 1 is 1.18 bits per heavy atom. The summed E-state index contributed by atoms with van der Waals surface area (Å²) in [6.45, 7) is -0.501. The quantitative estimate of drug-likeness (QED) is 0.672. The minimum atomic E-state index is -0.659. The van der Waals surface area contributed by atoms with Crippen molar-refractivity contribution in [2.75, 3.05) is 12.9 Å². The molecular formula is C15H13NO4S2. The number of rotatable bonds is 5. The van der Waals surface area contributed by atoms with E-state index in [0.717, 1.165) is 4.90 Å². The second-order valence-electron chi connectivity index (χ2n) is 4.13. The van der Waals surface area contributed by atoms with Crippen molar-refractivity contribution in [2.45, 2.75) is 4.90 Å². The first-order chi connectivity index (χ1) is 10.6. The molecule has 0 unspecified atom stereocenters. The molecule has 0 fully saturated rings. The van der Waals surface area contributed by atoms with Gasteiger partial charge in [-0.2, -0.15) is 0 Å². The van der Waals surface area contributed by atoms with Gasteiger partial charge in [-0.3, -0.25) is 14.9 Å². The molecule has 0 radical (unpaired) electrons. The number of hydrogen-bond acceptors (Lipinski definition) is 6. The molecule has 0 atom stereocenters. The van der Waals surface area contributed by atoms with Crippen molar-refractivity contribution < 1.29 is 19.1 Å². The minimum Gasteiger partial charge on any atom is -0.452 e. The Balaban J connectivity index is 1.88. The van der Waals surface area contributed by atoms with Gasteiger partial charge in [0.2, 0.25) is 0 Å². The number of esters is 1. The van der Waals surface area contributed by atoms with E-state index in [9.17, 15) is 14.4 Å². The first kappa shape index (κ1) is 16.3. The molecule has 0 saturated carbocycles. The third-order valence-electron chi connectivity index (χ3n) is 2.66. The van der Waals surface area contributed by atoms with E-state index < -0.39 is 24.4 Å². The molecule has 22 heavy (non-hydrogen) atoms. The van der Waals surface area contributed by atoms with Gasteiger partial charge in [0.25, 0.3) is 11.8 Å². The van der Waals surface area contributed by atoms with Crippen LogP contribution in [0.25, 0.3) is 0 Å². The Morgan fingerprint density at radius 3 is 2.64 bits per heavy atom. The molecule has 0 aliphatic rings. The molecule has 2 rings (SSSR count). The molecule has 1 N–H and O–H groups in total. The van der Waals surface area contributed by atoms with Gasteiger partial charge in [-0.1, -0.05) is 18.2 Å². The Kier molecular flexibility index (Phi) is 5.74. The van der Waals surface area contributed by atoms with E-state index in [4.69, 9.17) is 4.74 Å². The number of hydrogen-bond donors (Lipinski definition) is 1. The van der Waals surface area contributed by atoms with Crippen molar-refractivity contribution in [2.24, 2.45) is 0 Å². The van der Waals surface area contributed by atoms with Crippen LogP contribution in [-0.2, 0) is 9.53 Å². The summed E-state index contributed by atoms with van der Waals surface area (Å²) in [4.78, 5) is 36.4. The maximum absolute atomic E-state index is 11.9. The van der Waals surface area contributed by atoms with Crippen molar-refractivity contribution in [3.63, 3.8) is 0 Å². The molecule has 114 valence electrons. The van der Waals surface area contributed by atoms with E-state index in [-0.39, 0.29) is 0 Å². The van der Waals surface area contributed by atoms with Gasteiger partial charge in [0.05, 0.1) is 10.4 Å². The van der Waals surface area contributed by atoms with Crippen molar-refractivity contribution in [1.29, 1.82) is 0 Å². The third kappa shape index (κ3) is 4.19. The molecule has 0 bridgehead atoms. The molecule has 0 aliphatic carbocycles. The van der Waals surface area contributed by atoms with Crippen LogP contribution in [0.5, 0.6) is 0 Å². The van der Waals surface area contributed by atoms with Crippen molar-refractivity contribution in [1.82, 2.24) is 5.32 Å². The van der Waals surface area contributed by atoms with Crippen LogP contribution in [0.2, 0.25) is 0 Å². The number of thioether (sulfide) groups is 1. The summed E-state index contributed by atoms with van der Waals surface area (Å²) in [6.07, 6.45) is 1.85. The van der Waals surface area contributed by atoms with E-state index in [1.807, 2.05) is 12.3 Å². The van der Waals surface area contributed by atoms with Crippen LogP contribution in [0.15, 0.2) is 46.7 Å². The van der Waals surface area contributed by atoms with Gasteiger partial charge in [0.15, 0.2) is 6.61 Å². The number of ether oxygens (including phenoxy) is 1. The highest BCUT2D eigenvalue weighted by Crippen LogP contribution is 2.20. The SMILES string of the molecule is CSc1ccccc1C(=O)OCC(=O)NC(=O)c1cccs1. The molecule has 1 aromatic heterocycles. The smallest absolute Gasteiger partial charge is 0.339 e. The van der Waals surface area contributed by atoms with E-state index in [1.165, 1.54) is 23.1 Å². The number of imide groups is 1. The molecule has 2 amide bonds. The fourth-order valence-corrected chi connectivity index (χ4v) is 2.86. The molecule has 0 aliphatic heterocycles. The highest BCUT2D eigenvalue weighted by molar-refractivity contribution is 7.98. The van der Waals surface area contributed by atoms with Gasteiger partial charge >= 0.3 is 5.97 Å². The topological polar surface area (TPSA) is 72.5 Å². The largest absolute Gasteiger partial charge is 0.452 e. The van der Waals surface area contributed by atoms with Crippen LogP contribution in [0.1, 0.15) is 20.0 Å². The number of carbonyl (C=O) groups excluding carboxylic acids is 3. The van der Waals surface area contributed by atoms with Crippen molar-refractivity contribution in [3.8, 4) is 0 Å². The monoisotopic (exact) mass is 335 g/mol. The van der Waals surface area contributed by atoms with E-state index in [2.05, 4.69) is 5.32 Å². The fraction of sp³-hybridized carbons (Fsp3) is 0.133. The van der Waals surface area contributed by atoms with Gasteiger partial charge < -0.3 is 4.74 Å². The first-order valence-electron chi connectivity index (χ1n) is 6.29. The number of carbonyl (C=O) groups is 3. The van der Waals surface area contributed by atoms with Crippen LogP contribution >= 0.6 is 23.1 Å². The summed E-state index contributed by atoms with van der Waals surface area (Å²) in [7, 11) is 0. The van der Waals surface area contributed by atoms with Gasteiger partial charge in [0, 0.05) is 4.90 Å². The Bertz CT molecular complexity index is 683. The lowest BCUT2D eigenvalue weighted by Crippen LogP contribution is -2.33. The summed E-state index contributed by atoms with van der Waals surface area (Å²) >= 11 is 2.64. The van der Waals surface area contributed by atoms with E-state index >= 15 is 0 Å². The first-order valence-corrected chi connectivity index (χ1v) is 8.40. The van der Waals surface area contributed by atoms with Crippen LogP contribution in [-0.4, -0.2) is 30.6 Å². The number of thiophene rings is 1. The summed E-state index contributed by atoms with van der Waals surface area (Å²) in [6, 6.07) is 10.3. The zero-order chi connectivity index (χ0) is 15.9. The summed E-state index contributed by atoms with van der Waals surface area (Å²) in [5.41, 5.74) is 0.396. The zero-order valence-electron chi connectivity index (χ0n) is 11.7. The predicted molar refractivity (Wildman–Crippen MR) is 85.3 cm³/mol. The minimum absolute atomic E-state index is 0.396. The summed E-state index contributed by atoms with van der Waals surface area (Å²) in [5, 5.41) is 3.90. The second-order valence-corrected chi connectivity index (χ2v) is 5.93. The average molecular weight is 335 g/mol. The standard InChI is InChI=1S/C15H13NO4S2/c1-21-11-6-3-2-5-10(11)15(19)20-9-13(17)16-14(18)12-7-4-8-22-12/h2-8H,9H2,1H3,(H,16,17,18). The van der Waals surface area contributed by atoms with E-state index in [1.54, 1.807) is 35.7 Å². The molecule has 1 heterocycles. The van der Waals surface area contributed by atoms with E-state index in [0.29, 0.717) is 10.4 Å². The normalized spacial score (nSPS) is 10.0. The average Bonchev–Trinajstić information content (AvgIpc) is 3.07. The number of benzene rings is 1. The van der Waals surface area contributed by atoms with Crippen molar-refractivity contribution in [3.05, 3.63) is 52.2 Å². The van der Waals surface area contributed by atoms with Crippen LogP contribution in [0.4, 0.5) is 0 Å². The van der Waals surface area contributed by atoms with Crippen LogP contribution in [0, 0.1) is 0 Å². The molecule has 0 saturated heterocycles. The predicted octanol–water partition coefficient (Wildman–Crippen LogP) is 2.58. The lowest BCUT2D eigenvalue weighted by atomic mass is 10.2. The highest BCUT2D eigenvalue weighted by Gasteiger charge is 2.16. The molecule has 0 spiro atoms. The van der Waals surface area contributed by atoms with Gasteiger partial charge in [0.1, 0.15) is 0 Å². The summed E-state index contributed by atoms with van der Waals surface area (Å²) < 4.78 is 4.94. The van der Waals surface area contributed by atoms with Crippen LogP contribution < -0.4 is 5.32 Å². The van der Waals surface area contributed by atoms with Gasteiger partial charge in [-0.15, -0.1) is 23.1 Å². The Hall–Kier alpha value is -2.12. The summed E-state index contributed by atoms with van der Waals surface area (Å²) in [5.74, 6) is -1.75. The van der Waals surface area contributed by atoms with Gasteiger partial charge in [-0.05, 0) is 29.8 Å². The lowest BCUT2D eigenvalue weighted by molar-refractivity contribution is -0.123. The fourth-order valence-electron chi connectivity index (χ4n) is 1.65. The molecule has 7 heteroatoms.